The molecule has 0 spiro atoms. The molecule has 0 aromatic rings. The van der Waals surface area contributed by atoms with Crippen molar-refractivity contribution in [2.45, 2.75) is 31.8 Å². The van der Waals surface area contributed by atoms with Gasteiger partial charge < -0.3 is 25.0 Å². The molecule has 1 heterocycles. The number of hydrogen-bond donors (Lipinski definition) is 2. The first kappa shape index (κ1) is 15.6. The van der Waals surface area contributed by atoms with Crippen LogP contribution in [0.5, 0.6) is 0 Å². The number of ether oxygens (including phenoxy) is 1. The van der Waals surface area contributed by atoms with Crippen LogP contribution in [0.3, 0.4) is 0 Å². The number of carbonyl (C=O) groups excluding carboxylic acids is 2. The third kappa shape index (κ3) is 4.07. The van der Waals surface area contributed by atoms with Gasteiger partial charge in [0.2, 0.25) is 5.91 Å². The van der Waals surface area contributed by atoms with Gasteiger partial charge in [0.15, 0.2) is 0 Å². The summed E-state index contributed by atoms with van der Waals surface area (Å²) < 4.78 is 5.29. The zero-order valence-electron chi connectivity index (χ0n) is 12.1. The van der Waals surface area contributed by atoms with E-state index in [1.807, 2.05) is 0 Å². The number of nitrogens with one attached hydrogen (secondary N) is 1. The number of amides is 3. The molecule has 3 amide bonds. The molecule has 1 atom stereocenters. The number of nitrogens with zero attached hydrogens (tertiary/aromatic N) is 2. The van der Waals surface area contributed by atoms with Gasteiger partial charge in [-0.2, -0.15) is 0 Å². The third-order valence-corrected chi connectivity index (χ3v) is 3.58. The number of hydrogen-bond acceptors (Lipinski definition) is 4. The second kappa shape index (κ2) is 6.75. The van der Waals surface area contributed by atoms with Crippen molar-refractivity contribution in [2.75, 3.05) is 32.8 Å². The fourth-order valence-electron chi connectivity index (χ4n) is 2.23. The zero-order valence-corrected chi connectivity index (χ0v) is 12.1. The Morgan fingerprint density at radius 1 is 1.38 bits per heavy atom. The predicted molar refractivity (Wildman–Crippen MR) is 72.8 cm³/mol. The summed E-state index contributed by atoms with van der Waals surface area (Å²) in [5.41, 5.74) is 0. The molecule has 1 unspecified atom stereocenters. The lowest BCUT2D eigenvalue weighted by atomic mass is 10.2. The minimum atomic E-state index is -1.07. The van der Waals surface area contributed by atoms with E-state index in [0.717, 1.165) is 12.8 Å². The number of aliphatic carboxylic acids is 1. The van der Waals surface area contributed by atoms with E-state index in [1.165, 1.54) is 9.80 Å². The molecule has 0 aromatic carbocycles. The van der Waals surface area contributed by atoms with Gasteiger partial charge in [0.25, 0.3) is 0 Å². The Bertz CT molecular complexity index is 424. The van der Waals surface area contributed by atoms with Crippen molar-refractivity contribution in [3.8, 4) is 0 Å². The van der Waals surface area contributed by atoms with E-state index in [1.54, 1.807) is 6.92 Å². The van der Waals surface area contributed by atoms with Crippen molar-refractivity contribution < 1.29 is 24.2 Å². The van der Waals surface area contributed by atoms with E-state index in [9.17, 15) is 14.4 Å². The van der Waals surface area contributed by atoms with Gasteiger partial charge in [0, 0.05) is 19.1 Å². The molecule has 1 aliphatic carbocycles. The molecule has 2 rings (SSSR count). The Balaban J connectivity index is 2.03. The Morgan fingerprint density at radius 3 is 2.67 bits per heavy atom. The lowest BCUT2D eigenvalue weighted by Gasteiger charge is -2.37. The molecule has 2 aliphatic rings. The highest BCUT2D eigenvalue weighted by molar-refractivity contribution is 5.88. The standard InChI is InChI=1S/C13H21N3O5/c1-2-15(7-11(17)18)13(20)16-5-6-21-8-10(16)12(19)14-9-3-4-9/h9-10H,2-8H2,1H3,(H,14,19)(H,17,18). The van der Waals surface area contributed by atoms with Gasteiger partial charge >= 0.3 is 12.0 Å². The van der Waals surface area contributed by atoms with Gasteiger partial charge in [-0.25, -0.2) is 4.79 Å². The summed E-state index contributed by atoms with van der Waals surface area (Å²) in [6.45, 7) is 2.40. The van der Waals surface area contributed by atoms with Crippen molar-refractivity contribution in [3.05, 3.63) is 0 Å². The van der Waals surface area contributed by atoms with Crippen molar-refractivity contribution in [3.63, 3.8) is 0 Å². The third-order valence-electron chi connectivity index (χ3n) is 3.58. The molecule has 1 aliphatic heterocycles. The normalized spacial score (nSPS) is 21.8. The van der Waals surface area contributed by atoms with E-state index in [4.69, 9.17) is 9.84 Å². The topological polar surface area (TPSA) is 99.2 Å². The van der Waals surface area contributed by atoms with E-state index >= 15 is 0 Å². The Hall–Kier alpha value is -1.83. The lowest BCUT2D eigenvalue weighted by Crippen LogP contribution is -2.59. The zero-order chi connectivity index (χ0) is 15.4. The maximum Gasteiger partial charge on any atom is 0.323 e. The van der Waals surface area contributed by atoms with Crippen LogP contribution in [0.15, 0.2) is 0 Å². The van der Waals surface area contributed by atoms with Crippen LogP contribution in [0, 0.1) is 0 Å². The fourth-order valence-corrected chi connectivity index (χ4v) is 2.23. The highest BCUT2D eigenvalue weighted by Crippen LogP contribution is 2.20. The average Bonchev–Trinajstić information content (AvgIpc) is 3.27. The first-order valence-corrected chi connectivity index (χ1v) is 7.18. The highest BCUT2D eigenvalue weighted by Gasteiger charge is 2.37. The molecule has 1 saturated carbocycles. The Labute approximate surface area is 123 Å². The van der Waals surface area contributed by atoms with Crippen LogP contribution >= 0.6 is 0 Å². The van der Waals surface area contributed by atoms with Crippen LogP contribution in [-0.4, -0.2) is 77.7 Å². The molecule has 8 nitrogen and oxygen atoms in total. The minimum Gasteiger partial charge on any atom is -0.480 e. The molecule has 2 N–H and O–H groups in total. The van der Waals surface area contributed by atoms with Crippen molar-refractivity contribution in [2.24, 2.45) is 0 Å². The number of carboxylic acids is 1. The van der Waals surface area contributed by atoms with Crippen LogP contribution in [0.4, 0.5) is 4.79 Å². The van der Waals surface area contributed by atoms with E-state index in [0.29, 0.717) is 6.61 Å². The monoisotopic (exact) mass is 299 g/mol. The van der Waals surface area contributed by atoms with Gasteiger partial charge in [0.1, 0.15) is 12.6 Å². The van der Waals surface area contributed by atoms with E-state index < -0.39 is 18.0 Å². The summed E-state index contributed by atoms with van der Waals surface area (Å²) in [7, 11) is 0. The maximum atomic E-state index is 12.4. The highest BCUT2D eigenvalue weighted by atomic mass is 16.5. The number of carbonyl (C=O) groups is 3. The molecule has 2 fully saturated rings. The van der Waals surface area contributed by atoms with Crippen LogP contribution in [-0.2, 0) is 14.3 Å². The van der Waals surface area contributed by atoms with Crippen LogP contribution in [0.25, 0.3) is 0 Å². The van der Waals surface area contributed by atoms with Crippen LogP contribution < -0.4 is 5.32 Å². The molecular weight excluding hydrogens is 278 g/mol. The maximum absolute atomic E-state index is 12.4. The Morgan fingerprint density at radius 2 is 2.10 bits per heavy atom. The number of morpholine rings is 1. The van der Waals surface area contributed by atoms with E-state index in [2.05, 4.69) is 5.32 Å². The molecule has 118 valence electrons. The molecule has 0 radical (unpaired) electrons. The lowest BCUT2D eigenvalue weighted by molar-refractivity contribution is -0.137. The summed E-state index contributed by atoms with van der Waals surface area (Å²) in [5.74, 6) is -1.30. The molecule has 0 bridgehead atoms. The van der Waals surface area contributed by atoms with E-state index in [-0.39, 0.29) is 38.2 Å². The Kier molecular flexibility index (Phi) is 5.00. The van der Waals surface area contributed by atoms with Crippen molar-refractivity contribution in [1.29, 1.82) is 0 Å². The van der Waals surface area contributed by atoms with Crippen LogP contribution in [0.1, 0.15) is 19.8 Å². The molecular formula is C13H21N3O5. The number of likely N-dealkylation sites (N-methyl/N-ethyl adjacent to an activating group) is 1. The quantitative estimate of drug-likeness (QED) is 0.712. The van der Waals surface area contributed by atoms with Crippen molar-refractivity contribution in [1.82, 2.24) is 15.1 Å². The predicted octanol–water partition coefficient (Wildman–Crippen LogP) is -0.508. The molecule has 8 heteroatoms. The summed E-state index contributed by atoms with van der Waals surface area (Å²) in [6, 6.07) is -0.911. The first-order chi connectivity index (χ1) is 10.0. The summed E-state index contributed by atoms with van der Waals surface area (Å²) in [4.78, 5) is 38.0. The van der Waals surface area contributed by atoms with Gasteiger partial charge in [-0.05, 0) is 19.8 Å². The second-order valence-electron chi connectivity index (χ2n) is 5.26. The molecule has 21 heavy (non-hydrogen) atoms. The number of rotatable bonds is 5. The molecule has 1 saturated heterocycles. The largest absolute Gasteiger partial charge is 0.480 e. The van der Waals surface area contributed by atoms with Gasteiger partial charge in [-0.15, -0.1) is 0 Å². The average molecular weight is 299 g/mol. The van der Waals surface area contributed by atoms with Gasteiger partial charge in [-0.3, -0.25) is 9.59 Å². The summed E-state index contributed by atoms with van der Waals surface area (Å²) in [5, 5.41) is 11.7. The number of carboxylic acid groups (broad SMARTS) is 1. The number of urea groups is 1. The SMILES string of the molecule is CCN(CC(=O)O)C(=O)N1CCOCC1C(=O)NC1CC1. The van der Waals surface area contributed by atoms with Gasteiger partial charge in [-0.1, -0.05) is 0 Å². The van der Waals surface area contributed by atoms with Crippen molar-refractivity contribution >= 4 is 17.9 Å². The van der Waals surface area contributed by atoms with Gasteiger partial charge in [0.05, 0.1) is 13.2 Å². The first-order valence-electron chi connectivity index (χ1n) is 7.18. The summed E-state index contributed by atoms with van der Waals surface area (Å²) in [6.07, 6.45) is 1.93. The van der Waals surface area contributed by atoms with Crippen LogP contribution in [0.2, 0.25) is 0 Å². The smallest absolute Gasteiger partial charge is 0.323 e. The minimum absolute atomic E-state index is 0.148. The summed E-state index contributed by atoms with van der Waals surface area (Å²) >= 11 is 0. The molecule has 0 aromatic heterocycles. The second-order valence-corrected chi connectivity index (χ2v) is 5.26. The fraction of sp³-hybridized carbons (Fsp3) is 0.769.